The number of amides is 1. The molecule has 1 aromatic heterocycles. The van der Waals surface area contributed by atoms with Crippen molar-refractivity contribution >= 4 is 33.2 Å². The fraction of sp³-hybridized carbons (Fsp3) is 0.292. The highest BCUT2D eigenvalue weighted by molar-refractivity contribution is 8.00. The number of thioether (sulfide) groups is 1. The molecule has 1 saturated heterocycles. The number of aromatic nitrogens is 3. The highest BCUT2D eigenvalue weighted by Gasteiger charge is 2.33. The highest BCUT2D eigenvalue weighted by atomic mass is 32.2. The number of anilines is 1. The van der Waals surface area contributed by atoms with Crippen molar-refractivity contribution in [3.8, 4) is 11.1 Å². The molecule has 2 atom stereocenters. The molecule has 4 rings (SSSR count). The smallest absolute Gasteiger partial charge is 0.237 e. The Bertz CT molecular complexity index is 1260. The molecule has 172 valence electrons. The molecule has 0 radical (unpaired) electrons. The Balaban J connectivity index is 1.51. The number of hydrogen-bond acceptors (Lipinski definition) is 6. The highest BCUT2D eigenvalue weighted by Crippen LogP contribution is 2.32. The lowest BCUT2D eigenvalue weighted by atomic mass is 10.0. The van der Waals surface area contributed by atoms with Crippen LogP contribution in [0.15, 0.2) is 72.4 Å². The molecule has 0 spiro atoms. The van der Waals surface area contributed by atoms with Crippen molar-refractivity contribution in [2.75, 3.05) is 16.8 Å². The third-order valence-corrected chi connectivity index (χ3v) is 8.42. The van der Waals surface area contributed by atoms with Crippen LogP contribution in [-0.4, -0.2) is 45.8 Å². The molecular weight excluding hydrogens is 456 g/mol. The maximum absolute atomic E-state index is 13.0. The van der Waals surface area contributed by atoms with Gasteiger partial charge in [-0.1, -0.05) is 66.4 Å². The lowest BCUT2D eigenvalue weighted by Gasteiger charge is -2.16. The van der Waals surface area contributed by atoms with E-state index < -0.39 is 15.1 Å². The number of carbonyl (C=O) groups excluding carboxylic acids is 1. The predicted octanol–water partition coefficient (Wildman–Crippen LogP) is 4.15. The van der Waals surface area contributed by atoms with E-state index in [1.54, 1.807) is 6.08 Å². The molecule has 0 unspecified atom stereocenters. The Hall–Kier alpha value is -2.91. The van der Waals surface area contributed by atoms with Gasteiger partial charge in [0.05, 0.1) is 16.8 Å². The second-order valence-electron chi connectivity index (χ2n) is 8.00. The molecule has 1 fully saturated rings. The Morgan fingerprint density at radius 3 is 2.64 bits per heavy atom. The monoisotopic (exact) mass is 482 g/mol. The fourth-order valence-corrected chi connectivity index (χ4v) is 6.50. The van der Waals surface area contributed by atoms with E-state index in [1.165, 1.54) is 11.8 Å². The summed E-state index contributed by atoms with van der Waals surface area (Å²) < 4.78 is 25.7. The van der Waals surface area contributed by atoms with Crippen molar-refractivity contribution in [1.29, 1.82) is 0 Å². The van der Waals surface area contributed by atoms with Gasteiger partial charge in [-0.25, -0.2) is 8.42 Å². The van der Waals surface area contributed by atoms with Crippen molar-refractivity contribution in [3.05, 3.63) is 73.1 Å². The zero-order valence-electron chi connectivity index (χ0n) is 18.3. The molecule has 33 heavy (non-hydrogen) atoms. The van der Waals surface area contributed by atoms with Gasteiger partial charge >= 0.3 is 0 Å². The Morgan fingerprint density at radius 1 is 1.21 bits per heavy atom. The van der Waals surface area contributed by atoms with E-state index in [1.807, 2.05) is 66.1 Å². The number of nitrogens with one attached hydrogen (secondary N) is 1. The van der Waals surface area contributed by atoms with Gasteiger partial charge in [0.15, 0.2) is 15.0 Å². The van der Waals surface area contributed by atoms with Crippen molar-refractivity contribution in [3.63, 3.8) is 0 Å². The van der Waals surface area contributed by atoms with Gasteiger partial charge < -0.3 is 9.88 Å². The van der Waals surface area contributed by atoms with E-state index in [2.05, 4.69) is 22.1 Å². The lowest BCUT2D eigenvalue weighted by molar-refractivity contribution is -0.115. The van der Waals surface area contributed by atoms with Crippen LogP contribution >= 0.6 is 11.8 Å². The Morgan fingerprint density at radius 2 is 1.94 bits per heavy atom. The molecule has 7 nitrogen and oxygen atoms in total. The number of sulfone groups is 1. The average molecular weight is 483 g/mol. The summed E-state index contributed by atoms with van der Waals surface area (Å²) in [5.41, 5.74) is 2.71. The summed E-state index contributed by atoms with van der Waals surface area (Å²) in [6, 6.07) is 17.6. The zero-order valence-corrected chi connectivity index (χ0v) is 20.0. The molecule has 2 aromatic carbocycles. The SMILES string of the molecule is C=CCn1c(S[C@@H](C)C(=O)Nc2ccccc2-c2ccccc2)nnc1[C@@H]1CCS(=O)(=O)C1. The topological polar surface area (TPSA) is 93.9 Å². The van der Waals surface area contributed by atoms with Crippen LogP contribution < -0.4 is 5.32 Å². The first-order valence-electron chi connectivity index (χ1n) is 10.7. The average Bonchev–Trinajstić information content (AvgIpc) is 3.37. The van der Waals surface area contributed by atoms with Gasteiger partial charge in [-0.2, -0.15) is 0 Å². The molecule has 0 aliphatic carbocycles. The second kappa shape index (κ2) is 9.93. The maximum atomic E-state index is 13.0. The summed E-state index contributed by atoms with van der Waals surface area (Å²) in [6.07, 6.45) is 2.26. The molecular formula is C24H26N4O3S2. The van der Waals surface area contributed by atoms with E-state index in [0.717, 1.165) is 16.8 Å². The zero-order chi connectivity index (χ0) is 23.4. The van der Waals surface area contributed by atoms with Crippen molar-refractivity contribution < 1.29 is 13.2 Å². The summed E-state index contributed by atoms with van der Waals surface area (Å²) in [5, 5.41) is 11.7. The molecule has 1 aliphatic rings. The quantitative estimate of drug-likeness (QED) is 0.383. The summed E-state index contributed by atoms with van der Waals surface area (Å²) in [4.78, 5) is 13.0. The minimum atomic E-state index is -3.04. The second-order valence-corrected chi connectivity index (χ2v) is 11.5. The molecule has 1 aliphatic heterocycles. The van der Waals surface area contributed by atoms with Crippen LogP contribution in [0.4, 0.5) is 5.69 Å². The van der Waals surface area contributed by atoms with E-state index in [9.17, 15) is 13.2 Å². The third-order valence-electron chi connectivity index (χ3n) is 5.58. The van der Waals surface area contributed by atoms with Gasteiger partial charge in [-0.3, -0.25) is 4.79 Å². The van der Waals surface area contributed by atoms with Crippen LogP contribution in [0.3, 0.4) is 0 Å². The molecule has 1 amide bonds. The van der Waals surface area contributed by atoms with Gasteiger partial charge in [0.25, 0.3) is 0 Å². The molecule has 9 heteroatoms. The van der Waals surface area contributed by atoms with E-state index >= 15 is 0 Å². The summed E-state index contributed by atoms with van der Waals surface area (Å²) >= 11 is 1.30. The summed E-state index contributed by atoms with van der Waals surface area (Å²) in [6.45, 7) is 6.07. The normalized spacial score (nSPS) is 18.0. The van der Waals surface area contributed by atoms with Gasteiger partial charge in [0.2, 0.25) is 5.91 Å². The Labute approximate surface area is 198 Å². The molecule has 2 heterocycles. The standard InChI is InChI=1S/C24H26N4O3S2/c1-3-14-28-22(19-13-15-33(30,31)16-19)26-27-24(28)32-17(2)23(29)25-21-12-8-7-11-20(21)18-9-5-4-6-10-18/h3-12,17,19H,1,13-16H2,2H3,(H,25,29)/t17-,19+/m0/s1. The fourth-order valence-electron chi connectivity index (χ4n) is 3.90. The first kappa shape index (κ1) is 23.3. The van der Waals surface area contributed by atoms with Gasteiger partial charge in [-0.15, -0.1) is 16.8 Å². The van der Waals surface area contributed by atoms with Gasteiger partial charge in [0.1, 0.15) is 5.82 Å². The molecule has 3 aromatic rings. The number of allylic oxidation sites excluding steroid dienone is 1. The Kier molecular flexibility index (Phi) is 6.99. The number of rotatable bonds is 8. The van der Waals surface area contributed by atoms with Gasteiger partial charge in [0, 0.05) is 23.7 Å². The largest absolute Gasteiger partial charge is 0.325 e. The van der Waals surface area contributed by atoms with E-state index in [0.29, 0.717) is 23.9 Å². The first-order valence-corrected chi connectivity index (χ1v) is 13.4. The summed E-state index contributed by atoms with van der Waals surface area (Å²) in [5.74, 6) is 0.556. The van der Waals surface area contributed by atoms with Crippen LogP contribution in [0.25, 0.3) is 11.1 Å². The van der Waals surface area contributed by atoms with Crippen LogP contribution in [0.2, 0.25) is 0 Å². The maximum Gasteiger partial charge on any atom is 0.237 e. The van der Waals surface area contributed by atoms with Crippen LogP contribution in [-0.2, 0) is 21.2 Å². The number of para-hydroxylation sites is 1. The third kappa shape index (κ3) is 5.36. The van der Waals surface area contributed by atoms with E-state index in [4.69, 9.17) is 0 Å². The van der Waals surface area contributed by atoms with Crippen molar-refractivity contribution in [2.24, 2.45) is 0 Å². The number of carbonyl (C=O) groups is 1. The molecule has 0 saturated carbocycles. The van der Waals surface area contributed by atoms with E-state index in [-0.39, 0.29) is 23.3 Å². The van der Waals surface area contributed by atoms with Crippen LogP contribution in [0, 0.1) is 0 Å². The van der Waals surface area contributed by atoms with Crippen molar-refractivity contribution in [1.82, 2.24) is 14.8 Å². The predicted molar refractivity (Wildman–Crippen MR) is 132 cm³/mol. The number of benzene rings is 2. The molecule has 1 N–H and O–H groups in total. The molecule has 0 bridgehead atoms. The summed E-state index contributed by atoms with van der Waals surface area (Å²) in [7, 11) is -3.04. The minimum Gasteiger partial charge on any atom is -0.325 e. The first-order chi connectivity index (χ1) is 15.9. The minimum absolute atomic E-state index is 0.0826. The van der Waals surface area contributed by atoms with Crippen LogP contribution in [0.1, 0.15) is 25.1 Å². The van der Waals surface area contributed by atoms with Gasteiger partial charge in [-0.05, 0) is 25.0 Å². The lowest BCUT2D eigenvalue weighted by Crippen LogP contribution is -2.23. The number of hydrogen-bond donors (Lipinski definition) is 1. The van der Waals surface area contributed by atoms with Crippen LogP contribution in [0.5, 0.6) is 0 Å². The number of nitrogens with zero attached hydrogens (tertiary/aromatic N) is 3. The van der Waals surface area contributed by atoms with Crippen molar-refractivity contribution in [2.45, 2.75) is 36.2 Å².